The van der Waals surface area contributed by atoms with Crippen LogP contribution in [-0.2, 0) is 4.79 Å². The molecular formula is C14H12N2O4. The second kappa shape index (κ2) is 5.83. The Labute approximate surface area is 114 Å². The van der Waals surface area contributed by atoms with Crippen molar-refractivity contribution < 1.29 is 14.7 Å². The van der Waals surface area contributed by atoms with Gasteiger partial charge in [-0.1, -0.05) is 30.3 Å². The third kappa shape index (κ3) is 2.92. The summed E-state index contributed by atoms with van der Waals surface area (Å²) in [5.41, 5.74) is -0.266. The Morgan fingerprint density at radius 1 is 1.10 bits per heavy atom. The van der Waals surface area contributed by atoms with Gasteiger partial charge in [0.1, 0.15) is 5.56 Å². The van der Waals surface area contributed by atoms with Gasteiger partial charge in [0, 0.05) is 6.20 Å². The molecule has 102 valence electrons. The Morgan fingerprint density at radius 3 is 2.40 bits per heavy atom. The number of rotatable bonds is 4. The van der Waals surface area contributed by atoms with Crippen molar-refractivity contribution in [3.8, 4) is 0 Å². The first-order chi connectivity index (χ1) is 9.59. The number of aliphatic carboxylic acids is 1. The minimum absolute atomic E-state index is 0.130. The van der Waals surface area contributed by atoms with Gasteiger partial charge >= 0.3 is 5.97 Å². The first-order valence-electron chi connectivity index (χ1n) is 5.86. The number of nitrogens with one attached hydrogen (secondary N) is 2. The van der Waals surface area contributed by atoms with E-state index in [2.05, 4.69) is 10.3 Å². The molecule has 2 rings (SSSR count). The van der Waals surface area contributed by atoms with Crippen molar-refractivity contribution in [2.45, 2.75) is 6.04 Å². The number of aromatic nitrogens is 1. The minimum Gasteiger partial charge on any atom is -0.479 e. The first-order valence-corrected chi connectivity index (χ1v) is 5.86. The van der Waals surface area contributed by atoms with Crippen LogP contribution in [0.3, 0.4) is 0 Å². The number of carboxylic acids is 1. The Morgan fingerprint density at radius 2 is 1.80 bits per heavy atom. The fourth-order valence-electron chi connectivity index (χ4n) is 1.74. The van der Waals surface area contributed by atoms with E-state index in [1.807, 2.05) is 0 Å². The molecule has 20 heavy (non-hydrogen) atoms. The zero-order chi connectivity index (χ0) is 14.5. The quantitative estimate of drug-likeness (QED) is 0.771. The second-order valence-electron chi connectivity index (χ2n) is 4.07. The molecular weight excluding hydrogens is 260 g/mol. The molecule has 6 nitrogen and oxygen atoms in total. The molecule has 0 spiro atoms. The lowest BCUT2D eigenvalue weighted by molar-refractivity contribution is -0.139. The average Bonchev–Trinajstić information content (AvgIpc) is 2.45. The number of carbonyl (C=O) groups is 2. The number of benzene rings is 1. The Kier molecular flexibility index (Phi) is 3.95. The zero-order valence-electron chi connectivity index (χ0n) is 10.4. The summed E-state index contributed by atoms with van der Waals surface area (Å²) in [4.78, 5) is 37.1. The van der Waals surface area contributed by atoms with Gasteiger partial charge in [-0.05, 0) is 17.7 Å². The van der Waals surface area contributed by atoms with Crippen LogP contribution < -0.4 is 10.9 Å². The molecule has 0 radical (unpaired) electrons. The normalized spacial score (nSPS) is 11.6. The van der Waals surface area contributed by atoms with Crippen LogP contribution >= 0.6 is 0 Å². The molecule has 1 aromatic carbocycles. The van der Waals surface area contributed by atoms with Crippen molar-refractivity contribution in [2.75, 3.05) is 0 Å². The fourth-order valence-corrected chi connectivity index (χ4v) is 1.74. The maximum Gasteiger partial charge on any atom is 0.330 e. The molecule has 0 bridgehead atoms. The van der Waals surface area contributed by atoms with Crippen LogP contribution in [0, 0.1) is 0 Å². The molecule has 1 atom stereocenters. The van der Waals surface area contributed by atoms with Gasteiger partial charge in [0.05, 0.1) is 0 Å². The summed E-state index contributed by atoms with van der Waals surface area (Å²) in [7, 11) is 0. The molecule has 0 aliphatic rings. The molecule has 6 heteroatoms. The van der Waals surface area contributed by atoms with E-state index in [1.165, 1.54) is 18.3 Å². The molecule has 0 saturated heterocycles. The van der Waals surface area contributed by atoms with E-state index in [0.29, 0.717) is 5.56 Å². The SMILES string of the molecule is O=C(N[C@H](C(=O)O)c1ccccc1)c1ccc[nH]c1=O. The van der Waals surface area contributed by atoms with Crippen LogP contribution in [0.4, 0.5) is 0 Å². The Bertz CT molecular complexity index is 679. The van der Waals surface area contributed by atoms with Crippen LogP contribution in [0.5, 0.6) is 0 Å². The second-order valence-corrected chi connectivity index (χ2v) is 4.07. The van der Waals surface area contributed by atoms with Crippen LogP contribution in [0.15, 0.2) is 53.5 Å². The van der Waals surface area contributed by atoms with Crippen molar-refractivity contribution in [2.24, 2.45) is 0 Å². The van der Waals surface area contributed by atoms with Crippen LogP contribution in [-0.4, -0.2) is 22.0 Å². The first kappa shape index (κ1) is 13.5. The lowest BCUT2D eigenvalue weighted by Gasteiger charge is -2.14. The monoisotopic (exact) mass is 272 g/mol. The topological polar surface area (TPSA) is 99.3 Å². The van der Waals surface area contributed by atoms with Gasteiger partial charge in [-0.25, -0.2) is 4.79 Å². The smallest absolute Gasteiger partial charge is 0.330 e. The van der Waals surface area contributed by atoms with Gasteiger partial charge in [0.15, 0.2) is 6.04 Å². The predicted octanol–water partition coefficient (Wildman–Crippen LogP) is 0.931. The molecule has 0 saturated carbocycles. The minimum atomic E-state index is -1.21. The van der Waals surface area contributed by atoms with E-state index in [-0.39, 0.29) is 5.56 Å². The number of pyridine rings is 1. The van der Waals surface area contributed by atoms with Gasteiger partial charge in [0.2, 0.25) is 0 Å². The highest BCUT2D eigenvalue weighted by atomic mass is 16.4. The Hall–Kier alpha value is -2.89. The molecule has 2 aromatic rings. The van der Waals surface area contributed by atoms with E-state index < -0.39 is 23.5 Å². The molecule has 1 heterocycles. The van der Waals surface area contributed by atoms with Crippen molar-refractivity contribution in [1.29, 1.82) is 0 Å². The Balaban J connectivity index is 2.26. The number of amides is 1. The van der Waals surface area contributed by atoms with E-state index in [4.69, 9.17) is 0 Å². The molecule has 0 aliphatic heterocycles. The number of carboxylic acid groups (broad SMARTS) is 1. The molecule has 0 unspecified atom stereocenters. The molecule has 1 amide bonds. The van der Waals surface area contributed by atoms with Crippen molar-refractivity contribution in [3.05, 3.63) is 70.1 Å². The lowest BCUT2D eigenvalue weighted by Crippen LogP contribution is -2.36. The number of H-pyrrole nitrogens is 1. The summed E-state index contributed by atoms with van der Waals surface area (Å²) in [6, 6.07) is 9.89. The zero-order valence-corrected chi connectivity index (χ0v) is 10.4. The number of carbonyl (C=O) groups excluding carboxylic acids is 1. The van der Waals surface area contributed by atoms with Crippen molar-refractivity contribution in [1.82, 2.24) is 10.3 Å². The van der Waals surface area contributed by atoms with Gasteiger partial charge in [-0.15, -0.1) is 0 Å². The maximum absolute atomic E-state index is 12.0. The fraction of sp³-hybridized carbons (Fsp3) is 0.0714. The third-order valence-corrected chi connectivity index (χ3v) is 2.72. The summed E-state index contributed by atoms with van der Waals surface area (Å²) < 4.78 is 0. The number of hydrogen-bond donors (Lipinski definition) is 3. The summed E-state index contributed by atoms with van der Waals surface area (Å²) >= 11 is 0. The molecule has 0 aliphatic carbocycles. The van der Waals surface area contributed by atoms with Gasteiger partial charge < -0.3 is 15.4 Å². The summed E-state index contributed by atoms with van der Waals surface area (Å²) in [6.07, 6.45) is 1.39. The lowest BCUT2D eigenvalue weighted by atomic mass is 10.1. The predicted molar refractivity (Wildman–Crippen MR) is 71.3 cm³/mol. The third-order valence-electron chi connectivity index (χ3n) is 2.72. The standard InChI is InChI=1S/C14H12N2O4/c17-12-10(7-4-8-15-12)13(18)16-11(14(19)20)9-5-2-1-3-6-9/h1-8,11H,(H,15,17)(H,16,18)(H,19,20)/t11-/m0/s1. The molecule has 1 aromatic heterocycles. The molecule has 0 fully saturated rings. The van der Waals surface area contributed by atoms with Gasteiger partial charge in [-0.3, -0.25) is 9.59 Å². The average molecular weight is 272 g/mol. The van der Waals surface area contributed by atoms with E-state index in [1.54, 1.807) is 30.3 Å². The van der Waals surface area contributed by atoms with E-state index in [9.17, 15) is 19.5 Å². The summed E-state index contributed by atoms with van der Waals surface area (Å²) in [5.74, 6) is -1.93. The van der Waals surface area contributed by atoms with Gasteiger partial charge in [-0.2, -0.15) is 0 Å². The van der Waals surface area contributed by atoms with Gasteiger partial charge in [0.25, 0.3) is 11.5 Å². The molecule has 3 N–H and O–H groups in total. The van der Waals surface area contributed by atoms with Crippen LogP contribution in [0.2, 0.25) is 0 Å². The van der Waals surface area contributed by atoms with Crippen molar-refractivity contribution in [3.63, 3.8) is 0 Å². The summed E-state index contributed by atoms with van der Waals surface area (Å²) in [6.45, 7) is 0. The van der Waals surface area contributed by atoms with Crippen LogP contribution in [0.25, 0.3) is 0 Å². The number of aromatic amines is 1. The van der Waals surface area contributed by atoms with Crippen LogP contribution in [0.1, 0.15) is 22.0 Å². The maximum atomic E-state index is 12.0. The van der Waals surface area contributed by atoms with E-state index in [0.717, 1.165) is 0 Å². The highest BCUT2D eigenvalue weighted by molar-refractivity contribution is 5.96. The van der Waals surface area contributed by atoms with E-state index >= 15 is 0 Å². The summed E-state index contributed by atoms with van der Waals surface area (Å²) in [5, 5.41) is 11.5. The highest BCUT2D eigenvalue weighted by Gasteiger charge is 2.23. The largest absolute Gasteiger partial charge is 0.479 e. The highest BCUT2D eigenvalue weighted by Crippen LogP contribution is 2.13. The number of hydrogen-bond acceptors (Lipinski definition) is 3. The van der Waals surface area contributed by atoms with Crippen molar-refractivity contribution >= 4 is 11.9 Å².